The van der Waals surface area contributed by atoms with Crippen molar-refractivity contribution in [3.05, 3.63) is 65.2 Å². The Hall–Kier alpha value is -3.29. The molecule has 8 nitrogen and oxygen atoms in total. The van der Waals surface area contributed by atoms with Crippen LogP contribution in [0.4, 0.5) is 0 Å². The maximum Gasteiger partial charge on any atom is 0.251 e. The summed E-state index contributed by atoms with van der Waals surface area (Å²) in [5.74, 6) is -0.182. The molecule has 1 fully saturated rings. The van der Waals surface area contributed by atoms with Crippen molar-refractivity contribution in [1.82, 2.24) is 29.6 Å². The number of rotatable bonds is 5. The van der Waals surface area contributed by atoms with Gasteiger partial charge in [-0.05, 0) is 44.7 Å². The number of aryl methyl sites for hydroxylation is 1. The van der Waals surface area contributed by atoms with E-state index in [0.717, 1.165) is 36.9 Å². The predicted molar refractivity (Wildman–Crippen MR) is 108 cm³/mol. The number of amides is 1. The smallest absolute Gasteiger partial charge is 0.251 e. The van der Waals surface area contributed by atoms with Crippen LogP contribution in [-0.4, -0.2) is 36.3 Å². The van der Waals surface area contributed by atoms with Crippen molar-refractivity contribution in [2.75, 3.05) is 0 Å². The van der Waals surface area contributed by atoms with Gasteiger partial charge in [-0.1, -0.05) is 0 Å². The van der Waals surface area contributed by atoms with E-state index < -0.39 is 0 Å². The Morgan fingerprint density at radius 2 is 2.07 bits per heavy atom. The summed E-state index contributed by atoms with van der Waals surface area (Å²) in [6.45, 7) is 2.49. The van der Waals surface area contributed by atoms with Crippen molar-refractivity contribution in [3.63, 3.8) is 0 Å². The lowest BCUT2D eigenvalue weighted by molar-refractivity contribution is 0.0921. The summed E-state index contributed by atoms with van der Waals surface area (Å²) < 4.78 is 3.57. The molecule has 1 aliphatic carbocycles. The van der Waals surface area contributed by atoms with Gasteiger partial charge in [0, 0.05) is 48.4 Å². The first kappa shape index (κ1) is 19.0. The number of hydrogen-bond donors (Lipinski definition) is 1. The molecule has 3 heterocycles. The molecule has 1 amide bonds. The van der Waals surface area contributed by atoms with Gasteiger partial charge in [0.05, 0.1) is 17.9 Å². The average Bonchev–Trinajstić information content (AvgIpc) is 3.25. The quantitative estimate of drug-likeness (QED) is 0.720. The van der Waals surface area contributed by atoms with E-state index in [9.17, 15) is 9.59 Å². The second-order valence-corrected chi connectivity index (χ2v) is 7.32. The monoisotopic (exact) mass is 392 g/mol. The van der Waals surface area contributed by atoms with Crippen molar-refractivity contribution in [2.45, 2.75) is 51.2 Å². The number of carbonyl (C=O) groups is 1. The van der Waals surface area contributed by atoms with Gasteiger partial charge in [-0.25, -0.2) is 9.97 Å². The fourth-order valence-electron chi connectivity index (χ4n) is 3.80. The Labute approximate surface area is 168 Å². The summed E-state index contributed by atoms with van der Waals surface area (Å²) in [7, 11) is 0. The minimum Gasteiger partial charge on any atom is -0.349 e. The van der Waals surface area contributed by atoms with E-state index in [4.69, 9.17) is 0 Å². The molecular formula is C21H24N6O2. The maximum atomic E-state index is 12.5. The molecule has 0 saturated heterocycles. The van der Waals surface area contributed by atoms with E-state index in [-0.39, 0.29) is 17.5 Å². The van der Waals surface area contributed by atoms with Crippen LogP contribution in [0, 0.1) is 0 Å². The second-order valence-electron chi connectivity index (χ2n) is 7.32. The molecule has 0 radical (unpaired) electrons. The number of nitrogens with zero attached hydrogens (tertiary/aromatic N) is 5. The van der Waals surface area contributed by atoms with Gasteiger partial charge in [0.25, 0.3) is 11.5 Å². The largest absolute Gasteiger partial charge is 0.349 e. The molecule has 0 bridgehead atoms. The number of aromatic nitrogens is 5. The van der Waals surface area contributed by atoms with E-state index in [2.05, 4.69) is 20.4 Å². The lowest BCUT2D eigenvalue weighted by Gasteiger charge is -2.29. The fraction of sp³-hybridized carbons (Fsp3) is 0.381. The molecule has 0 spiro atoms. The first-order valence-corrected chi connectivity index (χ1v) is 9.96. The second kappa shape index (κ2) is 8.38. The van der Waals surface area contributed by atoms with Crippen molar-refractivity contribution >= 4 is 5.91 Å². The maximum absolute atomic E-state index is 12.5. The Bertz CT molecular complexity index is 1030. The average molecular weight is 392 g/mol. The Morgan fingerprint density at radius 3 is 2.76 bits per heavy atom. The van der Waals surface area contributed by atoms with E-state index >= 15 is 0 Å². The first-order chi connectivity index (χ1) is 14.1. The Morgan fingerprint density at radius 1 is 1.24 bits per heavy atom. The zero-order chi connectivity index (χ0) is 20.2. The molecule has 1 aliphatic rings. The fourth-order valence-corrected chi connectivity index (χ4v) is 3.80. The molecule has 1 N–H and O–H groups in total. The molecule has 150 valence electrons. The third-order valence-electron chi connectivity index (χ3n) is 5.48. The van der Waals surface area contributed by atoms with Crippen molar-refractivity contribution in [2.24, 2.45) is 0 Å². The van der Waals surface area contributed by atoms with Gasteiger partial charge >= 0.3 is 0 Å². The standard InChI is InChI=1S/C21H24N6O2/c1-2-26-10-8-15(11-20(26)28)21(29)25-17-3-5-18(6-4-17)27-13-16(12-24-27)19-7-9-22-14-23-19/h7-14,17-18H,2-6H2,1H3,(H,25,29). The first-order valence-electron chi connectivity index (χ1n) is 9.96. The molecule has 8 heteroatoms. The van der Waals surface area contributed by atoms with Crippen LogP contribution in [-0.2, 0) is 6.54 Å². The lowest BCUT2D eigenvalue weighted by Crippen LogP contribution is -2.38. The highest BCUT2D eigenvalue weighted by Crippen LogP contribution is 2.29. The SMILES string of the molecule is CCn1ccc(C(=O)NC2CCC(n3cc(-c4ccncn4)cn3)CC2)cc1=O. The molecular weight excluding hydrogens is 368 g/mol. The van der Waals surface area contributed by atoms with E-state index in [1.165, 1.54) is 12.4 Å². The van der Waals surface area contributed by atoms with Crippen LogP contribution in [0.1, 0.15) is 49.0 Å². The van der Waals surface area contributed by atoms with Crippen LogP contribution < -0.4 is 10.9 Å². The third-order valence-corrected chi connectivity index (χ3v) is 5.48. The van der Waals surface area contributed by atoms with Gasteiger partial charge < -0.3 is 9.88 Å². The molecule has 0 atom stereocenters. The zero-order valence-electron chi connectivity index (χ0n) is 16.4. The van der Waals surface area contributed by atoms with Crippen molar-refractivity contribution in [3.8, 4) is 11.3 Å². The minimum absolute atomic E-state index is 0.115. The van der Waals surface area contributed by atoms with Crippen LogP contribution in [0.2, 0.25) is 0 Å². The number of pyridine rings is 1. The summed E-state index contributed by atoms with van der Waals surface area (Å²) >= 11 is 0. The highest BCUT2D eigenvalue weighted by atomic mass is 16.2. The summed E-state index contributed by atoms with van der Waals surface area (Å²) in [5, 5.41) is 7.58. The lowest BCUT2D eigenvalue weighted by atomic mass is 9.91. The molecule has 29 heavy (non-hydrogen) atoms. The number of carbonyl (C=O) groups excluding carboxylic acids is 1. The van der Waals surface area contributed by atoms with E-state index in [1.54, 1.807) is 23.0 Å². The van der Waals surface area contributed by atoms with Gasteiger partial charge in [0.2, 0.25) is 0 Å². The summed E-state index contributed by atoms with van der Waals surface area (Å²) in [5.41, 5.74) is 2.10. The molecule has 3 aromatic rings. The van der Waals surface area contributed by atoms with Crippen LogP contribution in [0.5, 0.6) is 0 Å². The Kier molecular flexibility index (Phi) is 5.50. The van der Waals surface area contributed by atoms with E-state index in [0.29, 0.717) is 18.2 Å². The molecule has 0 aromatic carbocycles. The zero-order valence-corrected chi connectivity index (χ0v) is 16.4. The Balaban J connectivity index is 1.34. The summed E-state index contributed by atoms with van der Waals surface area (Å²) in [6, 6.07) is 5.40. The highest BCUT2D eigenvalue weighted by Gasteiger charge is 2.24. The summed E-state index contributed by atoms with van der Waals surface area (Å²) in [4.78, 5) is 32.6. The van der Waals surface area contributed by atoms with Crippen LogP contribution in [0.15, 0.2) is 54.1 Å². The highest BCUT2D eigenvalue weighted by molar-refractivity contribution is 5.94. The van der Waals surface area contributed by atoms with Gasteiger partial charge in [0.15, 0.2) is 0 Å². The molecule has 4 rings (SSSR count). The van der Waals surface area contributed by atoms with Crippen LogP contribution in [0.25, 0.3) is 11.3 Å². The van der Waals surface area contributed by atoms with Crippen molar-refractivity contribution < 1.29 is 4.79 Å². The molecule has 0 aliphatic heterocycles. The number of hydrogen-bond acceptors (Lipinski definition) is 5. The van der Waals surface area contributed by atoms with Gasteiger partial charge in [0.1, 0.15) is 6.33 Å². The molecule has 3 aromatic heterocycles. The summed E-state index contributed by atoms with van der Waals surface area (Å²) in [6.07, 6.45) is 12.4. The topological polar surface area (TPSA) is 94.7 Å². The molecule has 1 saturated carbocycles. The van der Waals surface area contributed by atoms with Gasteiger partial charge in [-0.2, -0.15) is 5.10 Å². The van der Waals surface area contributed by atoms with Crippen LogP contribution >= 0.6 is 0 Å². The van der Waals surface area contributed by atoms with Crippen LogP contribution in [0.3, 0.4) is 0 Å². The van der Waals surface area contributed by atoms with Gasteiger partial charge in [-0.3, -0.25) is 14.3 Å². The third kappa shape index (κ3) is 4.26. The van der Waals surface area contributed by atoms with Gasteiger partial charge in [-0.15, -0.1) is 0 Å². The molecule has 0 unspecified atom stereocenters. The number of nitrogens with one attached hydrogen (secondary N) is 1. The minimum atomic E-state index is -0.182. The van der Waals surface area contributed by atoms with Crippen molar-refractivity contribution in [1.29, 1.82) is 0 Å². The predicted octanol–water partition coefficient (Wildman–Crippen LogP) is 2.44. The normalized spacial score (nSPS) is 19.1. The van der Waals surface area contributed by atoms with E-state index in [1.807, 2.05) is 30.1 Å².